The molecule has 92 heavy (non-hydrogen) atoms. The SMILES string of the molecule is CC/C=C\C/C=C\C/C=C\C/C=C\C/C=C\C/C=C\C/C=C\C/C=C\CCCCCCC(=O)NC(COC1OC(CO)C(OC2OC(CO)C(OC3OC(CO)C(O)C(O)C3O)C(O)C2O)C(O)C1O)C(O)CCCCCCCCCCCCCCCCCCCC. The molecule has 0 aromatic carbocycles. The Balaban J connectivity index is 1.43. The second-order valence-electron chi connectivity index (χ2n) is 25.0. The molecule has 19 nitrogen and oxygen atoms in total. The predicted molar refractivity (Wildman–Crippen MR) is 360 cm³/mol. The Hall–Kier alpha value is -3.29. The normalized spacial score (nSPS) is 28.3. The molecule has 17 unspecified atom stereocenters. The lowest BCUT2D eigenvalue weighted by Gasteiger charge is -2.48. The fourth-order valence-corrected chi connectivity index (χ4v) is 11.4. The first-order valence-electron chi connectivity index (χ1n) is 35.5. The van der Waals surface area contributed by atoms with Gasteiger partial charge in [0.05, 0.1) is 38.6 Å². The van der Waals surface area contributed by atoms with Gasteiger partial charge in [-0.1, -0.05) is 239 Å². The topological polar surface area (TPSA) is 307 Å². The van der Waals surface area contributed by atoms with E-state index in [1.807, 2.05) is 0 Å². The van der Waals surface area contributed by atoms with Gasteiger partial charge < -0.3 is 89.9 Å². The number of aliphatic hydroxyl groups excluding tert-OH is 11. The summed E-state index contributed by atoms with van der Waals surface area (Å²) >= 11 is 0. The van der Waals surface area contributed by atoms with Gasteiger partial charge in [-0.25, -0.2) is 0 Å². The van der Waals surface area contributed by atoms with Crippen molar-refractivity contribution in [2.24, 2.45) is 0 Å². The van der Waals surface area contributed by atoms with Crippen LogP contribution in [0.25, 0.3) is 0 Å². The lowest BCUT2D eigenvalue weighted by Crippen LogP contribution is -2.66. The molecule has 530 valence electrons. The Bertz CT molecular complexity index is 2040. The number of ether oxygens (including phenoxy) is 6. The van der Waals surface area contributed by atoms with Crippen molar-refractivity contribution in [3.63, 3.8) is 0 Å². The summed E-state index contributed by atoms with van der Waals surface area (Å²) in [6.07, 6.45) is 43.3. The Kier molecular flexibility index (Phi) is 48.5. The molecular formula is C73H125NO18. The number of unbranched alkanes of at least 4 members (excludes halogenated alkanes) is 21. The van der Waals surface area contributed by atoms with Gasteiger partial charge in [-0.3, -0.25) is 4.79 Å². The first-order valence-corrected chi connectivity index (χ1v) is 35.5. The van der Waals surface area contributed by atoms with E-state index in [-0.39, 0.29) is 18.9 Å². The van der Waals surface area contributed by atoms with E-state index in [2.05, 4.69) is 116 Å². The molecule has 12 N–H and O–H groups in total. The minimum Gasteiger partial charge on any atom is -0.394 e. The van der Waals surface area contributed by atoms with Crippen LogP contribution in [0.2, 0.25) is 0 Å². The smallest absolute Gasteiger partial charge is 0.220 e. The number of carbonyl (C=O) groups is 1. The van der Waals surface area contributed by atoms with E-state index >= 15 is 0 Å². The molecule has 3 fully saturated rings. The highest BCUT2D eigenvalue weighted by Crippen LogP contribution is 2.33. The third-order valence-electron chi connectivity index (χ3n) is 17.2. The standard InChI is InChI=1S/C73H125NO18/c1-3-5-7-9-11-13-15-17-19-21-23-24-25-26-27-28-29-30-31-32-33-35-37-39-41-43-45-47-49-51-61(79)74-56(57(78)50-48-46-44-42-40-38-36-34-22-20-18-16-14-12-10-8-6-4-2)55-87-71-67(85)64(82)69(59(53-76)89-71)92-73-68(86)65(83)70(60(54-77)90-73)91-72-66(84)63(81)62(80)58(52-75)88-72/h5,7,11,13,17,19,23-24,26-27,29-30,32-33,37,39,56-60,62-73,75-78,80-86H,3-4,6,8-10,12,14-16,18,20-22,25,28,31,34-36,38,40-55H2,1-2H3,(H,74,79)/b7-5-,13-11-,19-17-,24-23-,27-26-,30-29-,33-32-,39-37-. The average Bonchev–Trinajstić information content (AvgIpc) is 0.834. The van der Waals surface area contributed by atoms with Gasteiger partial charge in [0, 0.05) is 6.42 Å². The number of amides is 1. The van der Waals surface area contributed by atoms with Crippen molar-refractivity contribution >= 4 is 5.91 Å². The van der Waals surface area contributed by atoms with E-state index in [0.717, 1.165) is 103 Å². The van der Waals surface area contributed by atoms with E-state index in [1.54, 1.807) is 0 Å². The molecule has 17 atom stereocenters. The molecule has 3 aliphatic rings. The number of carbonyl (C=O) groups excluding carboxylic acids is 1. The van der Waals surface area contributed by atoms with E-state index in [1.165, 1.54) is 89.9 Å². The molecule has 1 amide bonds. The molecule has 19 heteroatoms. The highest BCUT2D eigenvalue weighted by atomic mass is 16.8. The molecule has 0 spiro atoms. The van der Waals surface area contributed by atoms with Crippen molar-refractivity contribution in [1.29, 1.82) is 0 Å². The van der Waals surface area contributed by atoms with Crippen molar-refractivity contribution in [3.8, 4) is 0 Å². The monoisotopic (exact) mass is 1300 g/mol. The van der Waals surface area contributed by atoms with Crippen molar-refractivity contribution in [2.75, 3.05) is 26.4 Å². The van der Waals surface area contributed by atoms with Crippen molar-refractivity contribution in [3.05, 3.63) is 97.2 Å². The number of rotatable bonds is 53. The summed E-state index contributed by atoms with van der Waals surface area (Å²) in [4.78, 5) is 13.4. The van der Waals surface area contributed by atoms with Gasteiger partial charge in [0.15, 0.2) is 18.9 Å². The van der Waals surface area contributed by atoms with Gasteiger partial charge in [-0.2, -0.15) is 0 Å². The van der Waals surface area contributed by atoms with Crippen molar-refractivity contribution in [2.45, 2.75) is 330 Å². The first-order chi connectivity index (χ1) is 44.8. The van der Waals surface area contributed by atoms with Crippen LogP contribution in [0.5, 0.6) is 0 Å². The van der Waals surface area contributed by atoms with Gasteiger partial charge in [0.25, 0.3) is 0 Å². The van der Waals surface area contributed by atoms with Crippen LogP contribution < -0.4 is 5.32 Å². The van der Waals surface area contributed by atoms with E-state index < -0.39 is 124 Å². The van der Waals surface area contributed by atoms with Crippen LogP contribution in [0.15, 0.2) is 97.2 Å². The molecule has 0 aromatic rings. The molecule has 0 bridgehead atoms. The quantitative estimate of drug-likeness (QED) is 0.0199. The van der Waals surface area contributed by atoms with Crippen LogP contribution in [0.1, 0.15) is 226 Å². The lowest BCUT2D eigenvalue weighted by molar-refractivity contribution is -0.379. The maximum Gasteiger partial charge on any atom is 0.220 e. The Morgan fingerprint density at radius 1 is 0.402 bits per heavy atom. The Labute approximate surface area is 552 Å². The van der Waals surface area contributed by atoms with Crippen molar-refractivity contribution in [1.82, 2.24) is 5.32 Å². The minimum atomic E-state index is -1.98. The van der Waals surface area contributed by atoms with Gasteiger partial charge >= 0.3 is 0 Å². The summed E-state index contributed by atoms with van der Waals surface area (Å²) in [5.41, 5.74) is 0. The summed E-state index contributed by atoms with van der Waals surface area (Å²) in [6, 6.07) is -0.909. The third-order valence-corrected chi connectivity index (χ3v) is 17.2. The van der Waals surface area contributed by atoms with Crippen LogP contribution in [0.3, 0.4) is 0 Å². The number of aliphatic hydroxyl groups is 11. The van der Waals surface area contributed by atoms with Crippen molar-refractivity contribution < 1.29 is 89.4 Å². The lowest BCUT2D eigenvalue weighted by atomic mass is 9.96. The predicted octanol–water partition coefficient (Wildman–Crippen LogP) is 9.66. The van der Waals surface area contributed by atoms with Gasteiger partial charge in [-0.15, -0.1) is 0 Å². The zero-order valence-electron chi connectivity index (χ0n) is 56.0. The maximum absolute atomic E-state index is 13.4. The van der Waals surface area contributed by atoms with E-state index in [9.17, 15) is 61.0 Å². The highest BCUT2D eigenvalue weighted by molar-refractivity contribution is 5.76. The minimum absolute atomic E-state index is 0.230. The van der Waals surface area contributed by atoms with Crippen LogP contribution >= 0.6 is 0 Å². The average molecular weight is 1300 g/mol. The molecule has 3 rings (SSSR count). The van der Waals surface area contributed by atoms with Gasteiger partial charge in [-0.05, 0) is 77.0 Å². The fourth-order valence-electron chi connectivity index (χ4n) is 11.4. The highest BCUT2D eigenvalue weighted by Gasteiger charge is 2.53. The maximum atomic E-state index is 13.4. The van der Waals surface area contributed by atoms with Crippen LogP contribution in [0, 0.1) is 0 Å². The molecular weight excluding hydrogens is 1180 g/mol. The summed E-state index contributed by atoms with van der Waals surface area (Å²) < 4.78 is 34.4. The molecule has 3 heterocycles. The molecule has 0 aliphatic carbocycles. The van der Waals surface area contributed by atoms with Crippen LogP contribution in [-0.4, -0.2) is 193 Å². The number of allylic oxidation sites excluding steroid dienone is 16. The summed E-state index contributed by atoms with van der Waals surface area (Å²) in [6.45, 7) is 1.66. The molecule has 3 aliphatic heterocycles. The Morgan fingerprint density at radius 3 is 1.17 bits per heavy atom. The molecule has 3 saturated heterocycles. The second kappa shape index (κ2) is 53.8. The van der Waals surface area contributed by atoms with Crippen LogP contribution in [0.4, 0.5) is 0 Å². The first kappa shape index (κ1) is 82.9. The van der Waals surface area contributed by atoms with Gasteiger partial charge in [0.1, 0.15) is 73.2 Å². The number of hydrogen-bond acceptors (Lipinski definition) is 18. The third kappa shape index (κ3) is 35.1. The van der Waals surface area contributed by atoms with Gasteiger partial charge in [0.2, 0.25) is 5.91 Å². The fraction of sp³-hybridized carbons (Fsp3) is 0.767. The molecule has 0 radical (unpaired) electrons. The summed E-state index contributed by atoms with van der Waals surface area (Å²) in [5.74, 6) is -0.270. The Morgan fingerprint density at radius 2 is 0.750 bits per heavy atom. The van der Waals surface area contributed by atoms with E-state index in [0.29, 0.717) is 12.8 Å². The summed E-state index contributed by atoms with van der Waals surface area (Å²) in [7, 11) is 0. The van der Waals surface area contributed by atoms with E-state index in [4.69, 9.17) is 28.4 Å². The zero-order chi connectivity index (χ0) is 66.8. The number of nitrogens with one attached hydrogen (secondary N) is 1. The van der Waals surface area contributed by atoms with Crippen LogP contribution in [-0.2, 0) is 33.2 Å². The summed E-state index contributed by atoms with van der Waals surface area (Å²) in [5, 5.41) is 121. The molecule has 0 aromatic heterocycles. The second-order valence-corrected chi connectivity index (χ2v) is 25.0. The number of hydrogen-bond donors (Lipinski definition) is 12. The molecule has 0 saturated carbocycles. The zero-order valence-corrected chi connectivity index (χ0v) is 56.0. The largest absolute Gasteiger partial charge is 0.394 e.